The van der Waals surface area contributed by atoms with E-state index in [0.717, 1.165) is 18.4 Å². The van der Waals surface area contributed by atoms with Crippen molar-refractivity contribution in [3.8, 4) is 0 Å². The van der Waals surface area contributed by atoms with Gasteiger partial charge >= 0.3 is 5.97 Å². The van der Waals surface area contributed by atoms with Gasteiger partial charge in [0, 0.05) is 12.1 Å². The summed E-state index contributed by atoms with van der Waals surface area (Å²) in [7, 11) is 0. The molecule has 0 amide bonds. The fourth-order valence-corrected chi connectivity index (χ4v) is 1.73. The maximum absolute atomic E-state index is 13.0. The van der Waals surface area contributed by atoms with Crippen LogP contribution in [0.5, 0.6) is 0 Å². The zero-order valence-electron chi connectivity index (χ0n) is 11.4. The van der Waals surface area contributed by atoms with E-state index in [1.807, 2.05) is 19.9 Å². The number of nitrogens with one attached hydrogen (secondary N) is 1. The summed E-state index contributed by atoms with van der Waals surface area (Å²) < 4.78 is 18.3. The van der Waals surface area contributed by atoms with E-state index in [1.165, 1.54) is 12.1 Å². The summed E-state index contributed by atoms with van der Waals surface area (Å²) in [5, 5.41) is 3.27. The first kappa shape index (κ1) is 14.0. The van der Waals surface area contributed by atoms with Crippen LogP contribution in [0.2, 0.25) is 0 Å². The van der Waals surface area contributed by atoms with Gasteiger partial charge in [0.2, 0.25) is 0 Å². The zero-order valence-corrected chi connectivity index (χ0v) is 11.4. The van der Waals surface area contributed by atoms with Gasteiger partial charge in [0.1, 0.15) is 12.4 Å². The lowest BCUT2D eigenvalue weighted by Crippen LogP contribution is -2.43. The van der Waals surface area contributed by atoms with Gasteiger partial charge in [-0.2, -0.15) is 0 Å². The minimum absolute atomic E-state index is 0.0966. The lowest BCUT2D eigenvalue weighted by Gasteiger charge is -2.26. The lowest BCUT2D eigenvalue weighted by molar-refractivity contribution is -0.147. The van der Waals surface area contributed by atoms with Crippen molar-refractivity contribution in [2.45, 2.75) is 38.8 Å². The second-order valence-electron chi connectivity index (χ2n) is 5.75. The molecule has 3 nitrogen and oxygen atoms in total. The van der Waals surface area contributed by atoms with Crippen LogP contribution in [0.3, 0.4) is 0 Å². The predicted octanol–water partition coefficient (Wildman–Crippen LogP) is 2.65. The second-order valence-corrected chi connectivity index (χ2v) is 5.75. The number of carbonyl (C=O) groups is 1. The molecule has 0 atom stereocenters. The first-order valence-corrected chi connectivity index (χ1v) is 6.62. The number of rotatable bonds is 6. The molecule has 0 aliphatic heterocycles. The number of hydrogen-bond donors (Lipinski definition) is 1. The smallest absolute Gasteiger partial charge is 0.308 e. The van der Waals surface area contributed by atoms with Gasteiger partial charge in [-0.1, -0.05) is 12.1 Å². The van der Waals surface area contributed by atoms with Crippen molar-refractivity contribution >= 4 is 5.97 Å². The highest BCUT2D eigenvalue weighted by atomic mass is 19.1. The molecule has 104 valence electrons. The van der Waals surface area contributed by atoms with Crippen LogP contribution in [-0.2, 0) is 16.1 Å². The topological polar surface area (TPSA) is 38.3 Å². The van der Waals surface area contributed by atoms with Crippen LogP contribution in [0.1, 0.15) is 32.3 Å². The molecular weight excluding hydrogens is 245 g/mol. The van der Waals surface area contributed by atoms with Gasteiger partial charge in [0.15, 0.2) is 0 Å². The van der Waals surface area contributed by atoms with Gasteiger partial charge in [-0.05, 0) is 44.4 Å². The minimum atomic E-state index is -0.323. The number of benzene rings is 1. The Hall–Kier alpha value is -1.42. The molecule has 0 radical (unpaired) electrons. The maximum Gasteiger partial charge on any atom is 0.308 e. The fourth-order valence-electron chi connectivity index (χ4n) is 1.73. The molecule has 19 heavy (non-hydrogen) atoms. The number of hydrogen-bond acceptors (Lipinski definition) is 3. The Morgan fingerprint density at radius 1 is 1.47 bits per heavy atom. The van der Waals surface area contributed by atoms with Crippen LogP contribution in [0, 0.1) is 11.7 Å². The average molecular weight is 265 g/mol. The van der Waals surface area contributed by atoms with E-state index in [1.54, 1.807) is 6.07 Å². The molecule has 0 aromatic heterocycles. The summed E-state index contributed by atoms with van der Waals surface area (Å²) >= 11 is 0. The normalized spacial score (nSPS) is 15.3. The van der Waals surface area contributed by atoms with Crippen molar-refractivity contribution < 1.29 is 13.9 Å². The van der Waals surface area contributed by atoms with Gasteiger partial charge in [0.05, 0.1) is 5.92 Å². The molecule has 1 aliphatic rings. The van der Waals surface area contributed by atoms with Crippen LogP contribution in [0.15, 0.2) is 24.3 Å². The highest BCUT2D eigenvalue weighted by molar-refractivity contribution is 5.74. The van der Waals surface area contributed by atoms with Crippen LogP contribution in [0.4, 0.5) is 4.39 Å². The number of halogens is 1. The van der Waals surface area contributed by atoms with E-state index in [4.69, 9.17) is 4.74 Å². The maximum atomic E-state index is 13.0. The Kier molecular flexibility index (Phi) is 4.20. The molecule has 1 aliphatic carbocycles. The largest absolute Gasteiger partial charge is 0.464 e. The van der Waals surface area contributed by atoms with E-state index < -0.39 is 0 Å². The first-order valence-electron chi connectivity index (χ1n) is 6.62. The summed E-state index contributed by atoms with van der Waals surface area (Å²) in [4.78, 5) is 11.5. The van der Waals surface area contributed by atoms with E-state index in [0.29, 0.717) is 13.2 Å². The second kappa shape index (κ2) is 5.70. The molecule has 0 bridgehead atoms. The third-order valence-electron chi connectivity index (χ3n) is 3.15. The molecule has 1 aromatic carbocycles. The SMILES string of the molecule is CC(C)(COC(=O)C1CC1)NCc1cccc(F)c1. The predicted molar refractivity (Wildman–Crippen MR) is 71.0 cm³/mol. The Morgan fingerprint density at radius 2 is 2.21 bits per heavy atom. The number of ether oxygens (including phenoxy) is 1. The van der Waals surface area contributed by atoms with Crippen LogP contribution >= 0.6 is 0 Å². The standard InChI is InChI=1S/C15H20FNO2/c1-15(2,10-19-14(18)12-6-7-12)17-9-11-4-3-5-13(16)8-11/h3-5,8,12,17H,6-7,9-10H2,1-2H3. The monoisotopic (exact) mass is 265 g/mol. The van der Waals surface area contributed by atoms with E-state index in [9.17, 15) is 9.18 Å². The minimum Gasteiger partial charge on any atom is -0.464 e. The third-order valence-corrected chi connectivity index (χ3v) is 3.15. The molecule has 1 saturated carbocycles. The van der Waals surface area contributed by atoms with Gasteiger partial charge in [-0.15, -0.1) is 0 Å². The molecule has 1 N–H and O–H groups in total. The Morgan fingerprint density at radius 3 is 2.84 bits per heavy atom. The van der Waals surface area contributed by atoms with Crippen molar-refractivity contribution in [2.24, 2.45) is 5.92 Å². The summed E-state index contributed by atoms with van der Waals surface area (Å²) in [6.07, 6.45) is 1.91. The molecule has 2 rings (SSSR count). The van der Waals surface area contributed by atoms with Crippen LogP contribution in [0.25, 0.3) is 0 Å². The third kappa shape index (κ3) is 4.63. The molecule has 0 spiro atoms. The Labute approximate surface area is 113 Å². The quantitative estimate of drug-likeness (QED) is 0.804. The molecule has 4 heteroatoms. The summed E-state index contributed by atoms with van der Waals surface area (Å²) in [6, 6.07) is 6.47. The van der Waals surface area contributed by atoms with E-state index in [-0.39, 0.29) is 23.2 Å². The number of carbonyl (C=O) groups excluding carboxylic acids is 1. The zero-order chi connectivity index (χ0) is 13.9. The van der Waals surface area contributed by atoms with Crippen LogP contribution < -0.4 is 5.32 Å². The average Bonchev–Trinajstić information content (AvgIpc) is 3.18. The van der Waals surface area contributed by atoms with E-state index >= 15 is 0 Å². The van der Waals surface area contributed by atoms with Crippen molar-refractivity contribution in [1.82, 2.24) is 5.32 Å². The van der Waals surface area contributed by atoms with E-state index in [2.05, 4.69) is 5.32 Å². The summed E-state index contributed by atoms with van der Waals surface area (Å²) in [5.41, 5.74) is 0.554. The molecule has 1 aromatic rings. The van der Waals surface area contributed by atoms with Crippen molar-refractivity contribution in [1.29, 1.82) is 0 Å². The van der Waals surface area contributed by atoms with Crippen molar-refractivity contribution in [3.63, 3.8) is 0 Å². The summed E-state index contributed by atoms with van der Waals surface area (Å²) in [5.74, 6) is -0.211. The van der Waals surface area contributed by atoms with Gasteiger partial charge in [-0.25, -0.2) is 4.39 Å². The van der Waals surface area contributed by atoms with Gasteiger partial charge in [0.25, 0.3) is 0 Å². The lowest BCUT2D eigenvalue weighted by atomic mass is 10.1. The molecule has 0 unspecified atom stereocenters. The molecule has 0 heterocycles. The highest BCUT2D eigenvalue weighted by Crippen LogP contribution is 2.30. The highest BCUT2D eigenvalue weighted by Gasteiger charge is 2.32. The van der Waals surface area contributed by atoms with Crippen molar-refractivity contribution in [3.05, 3.63) is 35.6 Å². The van der Waals surface area contributed by atoms with Gasteiger partial charge in [-0.3, -0.25) is 4.79 Å². The molecular formula is C15H20FNO2. The Balaban J connectivity index is 1.77. The van der Waals surface area contributed by atoms with Crippen LogP contribution in [-0.4, -0.2) is 18.1 Å². The molecule has 1 fully saturated rings. The number of esters is 1. The van der Waals surface area contributed by atoms with Crippen molar-refractivity contribution in [2.75, 3.05) is 6.61 Å². The fraction of sp³-hybridized carbons (Fsp3) is 0.533. The first-order chi connectivity index (χ1) is 8.96. The summed E-state index contributed by atoms with van der Waals surface area (Å²) in [6.45, 7) is 4.81. The van der Waals surface area contributed by atoms with Gasteiger partial charge < -0.3 is 10.1 Å². The molecule has 0 saturated heterocycles. The Bertz CT molecular complexity index is 455.